The molecule has 0 radical (unpaired) electrons. The minimum absolute atomic E-state index is 0.107. The van der Waals surface area contributed by atoms with Crippen molar-refractivity contribution in [2.24, 2.45) is 0 Å². The molecule has 6 nitrogen and oxygen atoms in total. The van der Waals surface area contributed by atoms with E-state index in [1.54, 1.807) is 26.0 Å². The van der Waals surface area contributed by atoms with Crippen molar-refractivity contribution in [1.29, 1.82) is 0 Å². The van der Waals surface area contributed by atoms with E-state index >= 15 is 0 Å². The first-order valence-corrected chi connectivity index (χ1v) is 9.50. The fourth-order valence-electron chi connectivity index (χ4n) is 2.41. The summed E-state index contributed by atoms with van der Waals surface area (Å²) in [5.74, 6) is -0.660. The zero-order valence-electron chi connectivity index (χ0n) is 14.7. The molecular weight excluding hydrogens is 359 g/mol. The second-order valence-electron chi connectivity index (χ2n) is 5.61. The van der Waals surface area contributed by atoms with Gasteiger partial charge in [0.25, 0.3) is 5.91 Å². The van der Waals surface area contributed by atoms with E-state index in [-0.39, 0.29) is 34.6 Å². The molecule has 0 fully saturated rings. The SMILES string of the molecule is CCNS(=O)(=O)c1cc(C(=O)NC(C)c2ccc(F)cc2)ccc1OC. The van der Waals surface area contributed by atoms with Crippen molar-refractivity contribution in [3.63, 3.8) is 0 Å². The molecule has 2 aromatic carbocycles. The first kappa shape index (κ1) is 19.9. The highest BCUT2D eigenvalue weighted by Gasteiger charge is 2.21. The summed E-state index contributed by atoms with van der Waals surface area (Å²) in [5.41, 5.74) is 0.907. The van der Waals surface area contributed by atoms with Crippen LogP contribution in [0.1, 0.15) is 35.8 Å². The van der Waals surface area contributed by atoms with E-state index in [1.165, 1.54) is 37.4 Å². The molecule has 1 unspecified atom stereocenters. The van der Waals surface area contributed by atoms with Crippen LogP contribution in [0.15, 0.2) is 47.4 Å². The molecule has 2 aromatic rings. The van der Waals surface area contributed by atoms with Gasteiger partial charge in [-0.2, -0.15) is 0 Å². The number of hydrogen-bond donors (Lipinski definition) is 2. The Morgan fingerprint density at radius 3 is 2.42 bits per heavy atom. The lowest BCUT2D eigenvalue weighted by Crippen LogP contribution is -2.28. The summed E-state index contributed by atoms with van der Waals surface area (Å²) in [4.78, 5) is 12.4. The van der Waals surface area contributed by atoms with Crippen molar-refractivity contribution < 1.29 is 22.3 Å². The van der Waals surface area contributed by atoms with Gasteiger partial charge in [-0.25, -0.2) is 17.5 Å². The third-order valence-electron chi connectivity index (χ3n) is 3.77. The highest BCUT2D eigenvalue weighted by Crippen LogP contribution is 2.25. The van der Waals surface area contributed by atoms with Gasteiger partial charge >= 0.3 is 0 Å². The van der Waals surface area contributed by atoms with Crippen LogP contribution < -0.4 is 14.8 Å². The van der Waals surface area contributed by atoms with Crippen molar-refractivity contribution in [1.82, 2.24) is 10.0 Å². The minimum Gasteiger partial charge on any atom is -0.495 e. The average Bonchev–Trinajstić information content (AvgIpc) is 2.61. The summed E-state index contributed by atoms with van der Waals surface area (Å²) in [6.45, 7) is 3.62. The molecule has 0 saturated heterocycles. The smallest absolute Gasteiger partial charge is 0.251 e. The van der Waals surface area contributed by atoms with Crippen LogP contribution in [0.25, 0.3) is 0 Å². The van der Waals surface area contributed by atoms with Gasteiger partial charge in [-0.15, -0.1) is 0 Å². The summed E-state index contributed by atoms with van der Waals surface area (Å²) >= 11 is 0. The van der Waals surface area contributed by atoms with E-state index in [0.717, 1.165) is 5.56 Å². The fourth-order valence-corrected chi connectivity index (χ4v) is 3.64. The van der Waals surface area contributed by atoms with Gasteiger partial charge in [0, 0.05) is 12.1 Å². The molecule has 0 saturated carbocycles. The monoisotopic (exact) mass is 380 g/mol. The Labute approximate surface area is 152 Å². The summed E-state index contributed by atoms with van der Waals surface area (Å²) < 4.78 is 45.1. The van der Waals surface area contributed by atoms with Gasteiger partial charge in [-0.05, 0) is 42.8 Å². The second-order valence-corrected chi connectivity index (χ2v) is 7.35. The molecule has 2 rings (SSSR count). The number of nitrogens with one attached hydrogen (secondary N) is 2. The molecular formula is C18H21FN2O4S. The molecule has 140 valence electrons. The van der Waals surface area contributed by atoms with Crippen LogP contribution in [0.3, 0.4) is 0 Å². The number of sulfonamides is 1. The number of methoxy groups -OCH3 is 1. The molecule has 0 aliphatic carbocycles. The standard InChI is InChI=1S/C18H21FN2O4S/c1-4-20-26(23,24)17-11-14(7-10-16(17)25-3)18(22)21-12(2)13-5-8-15(19)9-6-13/h5-12,20H,4H2,1-3H3,(H,21,22). The lowest BCUT2D eigenvalue weighted by atomic mass is 10.1. The number of rotatable bonds is 7. The maximum absolute atomic E-state index is 13.0. The molecule has 0 spiro atoms. The topological polar surface area (TPSA) is 84.5 Å². The zero-order chi connectivity index (χ0) is 19.3. The Balaban J connectivity index is 2.27. The highest BCUT2D eigenvalue weighted by atomic mass is 32.2. The predicted molar refractivity (Wildman–Crippen MR) is 96.1 cm³/mol. The largest absolute Gasteiger partial charge is 0.495 e. The maximum atomic E-state index is 13.0. The Morgan fingerprint density at radius 2 is 1.85 bits per heavy atom. The molecule has 8 heteroatoms. The number of benzene rings is 2. The van der Waals surface area contributed by atoms with Crippen molar-refractivity contribution in [2.45, 2.75) is 24.8 Å². The first-order chi connectivity index (χ1) is 12.3. The van der Waals surface area contributed by atoms with Gasteiger partial charge in [0.05, 0.1) is 13.2 Å². The van der Waals surface area contributed by atoms with Gasteiger partial charge in [-0.1, -0.05) is 19.1 Å². The van der Waals surface area contributed by atoms with Crippen molar-refractivity contribution in [3.05, 3.63) is 59.4 Å². The number of hydrogen-bond acceptors (Lipinski definition) is 4. The maximum Gasteiger partial charge on any atom is 0.251 e. The third-order valence-corrected chi connectivity index (χ3v) is 5.33. The van der Waals surface area contributed by atoms with E-state index in [9.17, 15) is 17.6 Å². The molecule has 0 aliphatic rings. The molecule has 0 bridgehead atoms. The van der Waals surface area contributed by atoms with E-state index in [0.29, 0.717) is 0 Å². The molecule has 0 aromatic heterocycles. The van der Waals surface area contributed by atoms with Crippen LogP contribution in [0, 0.1) is 5.82 Å². The van der Waals surface area contributed by atoms with Crippen molar-refractivity contribution >= 4 is 15.9 Å². The quantitative estimate of drug-likeness (QED) is 0.773. The molecule has 2 N–H and O–H groups in total. The van der Waals surface area contributed by atoms with Crippen LogP contribution in [-0.2, 0) is 10.0 Å². The van der Waals surface area contributed by atoms with Gasteiger partial charge in [0.1, 0.15) is 16.5 Å². The van der Waals surface area contributed by atoms with Gasteiger partial charge in [0.15, 0.2) is 0 Å². The highest BCUT2D eigenvalue weighted by molar-refractivity contribution is 7.89. The lowest BCUT2D eigenvalue weighted by molar-refractivity contribution is 0.0939. The number of carbonyl (C=O) groups is 1. The Hall–Kier alpha value is -2.45. The number of halogens is 1. The van der Waals surface area contributed by atoms with E-state index in [2.05, 4.69) is 10.0 Å². The van der Waals surface area contributed by atoms with Crippen LogP contribution in [-0.4, -0.2) is 28.0 Å². The Morgan fingerprint density at radius 1 is 1.19 bits per heavy atom. The first-order valence-electron chi connectivity index (χ1n) is 8.02. The Bertz CT molecular complexity index is 883. The summed E-state index contributed by atoms with van der Waals surface area (Å²) in [5, 5.41) is 2.76. The predicted octanol–water partition coefficient (Wildman–Crippen LogP) is 2.62. The normalized spacial score (nSPS) is 12.5. The minimum atomic E-state index is -3.79. The van der Waals surface area contributed by atoms with Gasteiger partial charge in [-0.3, -0.25) is 4.79 Å². The fraction of sp³-hybridized carbons (Fsp3) is 0.278. The average molecular weight is 380 g/mol. The van der Waals surface area contributed by atoms with Crippen LogP contribution >= 0.6 is 0 Å². The van der Waals surface area contributed by atoms with Crippen LogP contribution in [0.4, 0.5) is 4.39 Å². The molecule has 0 heterocycles. The van der Waals surface area contributed by atoms with Crippen molar-refractivity contribution in [2.75, 3.05) is 13.7 Å². The van der Waals surface area contributed by atoms with Gasteiger partial charge < -0.3 is 10.1 Å². The lowest BCUT2D eigenvalue weighted by Gasteiger charge is -2.16. The Kier molecular flexibility index (Phi) is 6.33. The number of ether oxygens (including phenoxy) is 1. The molecule has 0 aliphatic heterocycles. The zero-order valence-corrected chi connectivity index (χ0v) is 15.6. The number of carbonyl (C=O) groups excluding carboxylic acids is 1. The summed E-state index contributed by atoms with van der Waals surface area (Å²) in [7, 11) is -2.43. The molecule has 26 heavy (non-hydrogen) atoms. The van der Waals surface area contributed by atoms with Gasteiger partial charge in [0.2, 0.25) is 10.0 Å². The second kappa shape index (κ2) is 8.29. The molecule has 1 atom stereocenters. The van der Waals surface area contributed by atoms with E-state index in [4.69, 9.17) is 4.74 Å². The summed E-state index contributed by atoms with van der Waals surface area (Å²) in [6.07, 6.45) is 0. The van der Waals surface area contributed by atoms with E-state index in [1.807, 2.05) is 0 Å². The molecule has 1 amide bonds. The van der Waals surface area contributed by atoms with Crippen LogP contribution in [0.5, 0.6) is 5.75 Å². The van der Waals surface area contributed by atoms with Crippen molar-refractivity contribution in [3.8, 4) is 5.75 Å². The van der Waals surface area contributed by atoms with Crippen LogP contribution in [0.2, 0.25) is 0 Å². The van der Waals surface area contributed by atoms with E-state index < -0.39 is 15.9 Å². The third kappa shape index (κ3) is 4.59. The summed E-state index contributed by atoms with van der Waals surface area (Å²) in [6, 6.07) is 9.59. The number of amides is 1.